The van der Waals surface area contributed by atoms with Gasteiger partial charge in [0.1, 0.15) is 11.5 Å². The lowest BCUT2D eigenvalue weighted by Crippen LogP contribution is -2.03. The van der Waals surface area contributed by atoms with Crippen LogP contribution in [0.5, 0.6) is 0 Å². The number of nitro groups is 1. The quantitative estimate of drug-likeness (QED) is 0.651. The zero-order chi connectivity index (χ0) is 13.8. The smallest absolute Gasteiger partial charge is 0.295 e. The normalized spacial score (nSPS) is 10.2. The number of halogens is 1. The number of thiazole rings is 1. The molecule has 2 aromatic rings. The zero-order valence-corrected chi connectivity index (χ0v) is 10.8. The van der Waals surface area contributed by atoms with Crippen LogP contribution in [0.1, 0.15) is 5.69 Å². The molecule has 19 heavy (non-hydrogen) atoms. The van der Waals surface area contributed by atoms with Gasteiger partial charge in [0.2, 0.25) is 0 Å². The molecule has 0 atom stereocenters. The molecule has 0 unspecified atom stereocenters. The van der Waals surface area contributed by atoms with Crippen LogP contribution in [0, 0.1) is 15.9 Å². The summed E-state index contributed by atoms with van der Waals surface area (Å²) in [7, 11) is 1.76. The summed E-state index contributed by atoms with van der Waals surface area (Å²) in [5.41, 5.74) is 0.738. The van der Waals surface area contributed by atoms with Crippen LogP contribution >= 0.6 is 11.3 Å². The molecule has 6 nitrogen and oxygen atoms in total. The van der Waals surface area contributed by atoms with Crippen LogP contribution in [-0.2, 0) is 6.54 Å². The first-order valence-corrected chi connectivity index (χ1v) is 6.28. The van der Waals surface area contributed by atoms with Crippen LogP contribution < -0.4 is 10.6 Å². The summed E-state index contributed by atoms with van der Waals surface area (Å²) in [5.74, 6) is -0.636. The fraction of sp³-hybridized carbons (Fsp3) is 0.182. The van der Waals surface area contributed by atoms with Crippen molar-refractivity contribution >= 4 is 27.8 Å². The van der Waals surface area contributed by atoms with E-state index < -0.39 is 10.7 Å². The Morgan fingerprint density at radius 1 is 1.53 bits per heavy atom. The van der Waals surface area contributed by atoms with Gasteiger partial charge < -0.3 is 10.6 Å². The van der Waals surface area contributed by atoms with E-state index in [0.717, 1.165) is 16.9 Å². The maximum atomic E-state index is 13.0. The molecule has 0 saturated heterocycles. The van der Waals surface area contributed by atoms with Crippen molar-refractivity contribution in [1.82, 2.24) is 4.98 Å². The molecule has 1 aromatic heterocycles. The van der Waals surface area contributed by atoms with Crippen LogP contribution in [0.15, 0.2) is 23.6 Å². The summed E-state index contributed by atoms with van der Waals surface area (Å²) < 4.78 is 13.0. The number of rotatable bonds is 5. The lowest BCUT2D eigenvalue weighted by Gasteiger charge is -2.05. The molecule has 2 rings (SSSR count). The van der Waals surface area contributed by atoms with Gasteiger partial charge in [0.25, 0.3) is 5.69 Å². The number of hydrogen-bond donors (Lipinski definition) is 2. The number of anilines is 2. The SMILES string of the molecule is CNc1nc(CNc2ccc(F)cc2[N+](=O)[O-])cs1. The highest BCUT2D eigenvalue weighted by Gasteiger charge is 2.14. The lowest BCUT2D eigenvalue weighted by atomic mass is 10.2. The molecule has 1 aromatic carbocycles. The van der Waals surface area contributed by atoms with Gasteiger partial charge in [-0.25, -0.2) is 9.37 Å². The number of nitro benzene ring substituents is 1. The van der Waals surface area contributed by atoms with Crippen molar-refractivity contribution in [2.24, 2.45) is 0 Å². The predicted molar refractivity (Wildman–Crippen MR) is 72.0 cm³/mol. The summed E-state index contributed by atoms with van der Waals surface area (Å²) in [6.45, 7) is 0.338. The van der Waals surface area contributed by atoms with Gasteiger partial charge in [0.15, 0.2) is 5.13 Å². The van der Waals surface area contributed by atoms with Gasteiger partial charge in [0.05, 0.1) is 23.2 Å². The number of hydrogen-bond acceptors (Lipinski definition) is 6. The second-order valence-corrected chi connectivity index (χ2v) is 4.52. The van der Waals surface area contributed by atoms with Gasteiger partial charge in [0, 0.05) is 12.4 Å². The van der Waals surface area contributed by atoms with Crippen molar-refractivity contribution in [2.45, 2.75) is 6.54 Å². The fourth-order valence-electron chi connectivity index (χ4n) is 1.49. The summed E-state index contributed by atoms with van der Waals surface area (Å²) in [6, 6.07) is 3.41. The maximum Gasteiger partial charge on any atom is 0.295 e. The Hall–Kier alpha value is -2.22. The van der Waals surface area contributed by atoms with Crippen molar-refractivity contribution in [3.63, 3.8) is 0 Å². The van der Waals surface area contributed by atoms with Crippen LogP contribution in [0.2, 0.25) is 0 Å². The summed E-state index contributed by atoms with van der Waals surface area (Å²) in [5, 5.41) is 19.2. The minimum atomic E-state index is -0.636. The molecule has 0 fully saturated rings. The molecule has 0 aliphatic carbocycles. The molecule has 0 saturated carbocycles. The molecule has 100 valence electrons. The second-order valence-electron chi connectivity index (χ2n) is 3.67. The van der Waals surface area contributed by atoms with Crippen molar-refractivity contribution in [2.75, 3.05) is 17.7 Å². The van der Waals surface area contributed by atoms with Crippen LogP contribution in [-0.4, -0.2) is 17.0 Å². The third kappa shape index (κ3) is 3.16. The highest BCUT2D eigenvalue weighted by molar-refractivity contribution is 7.13. The molecule has 0 amide bonds. The molecule has 8 heteroatoms. The van der Waals surface area contributed by atoms with Crippen molar-refractivity contribution in [1.29, 1.82) is 0 Å². The third-order valence-electron chi connectivity index (χ3n) is 2.38. The van der Waals surface area contributed by atoms with Crippen molar-refractivity contribution in [3.05, 3.63) is 45.2 Å². The van der Waals surface area contributed by atoms with E-state index >= 15 is 0 Å². The van der Waals surface area contributed by atoms with E-state index in [4.69, 9.17) is 0 Å². The molecule has 2 N–H and O–H groups in total. The van der Waals surface area contributed by atoms with Gasteiger partial charge in [-0.2, -0.15) is 0 Å². The van der Waals surface area contributed by atoms with Gasteiger partial charge in [-0.1, -0.05) is 0 Å². The number of aromatic nitrogens is 1. The van der Waals surface area contributed by atoms with Crippen molar-refractivity contribution < 1.29 is 9.31 Å². The van der Waals surface area contributed by atoms with E-state index in [-0.39, 0.29) is 11.4 Å². The standard InChI is InChI=1S/C11H11FN4O2S/c1-13-11-15-8(6-19-11)5-14-9-3-2-7(12)4-10(9)16(17)18/h2-4,6,14H,5H2,1H3,(H,13,15). The molecule has 1 heterocycles. The first-order chi connectivity index (χ1) is 9.10. The minimum Gasteiger partial charge on any atom is -0.374 e. The summed E-state index contributed by atoms with van der Waals surface area (Å²) in [6.07, 6.45) is 0. The number of nitrogens with one attached hydrogen (secondary N) is 2. The average molecular weight is 282 g/mol. The lowest BCUT2D eigenvalue weighted by molar-refractivity contribution is -0.384. The summed E-state index contributed by atoms with van der Waals surface area (Å²) in [4.78, 5) is 14.4. The van der Waals surface area contributed by atoms with Gasteiger partial charge in [-0.3, -0.25) is 10.1 Å². The largest absolute Gasteiger partial charge is 0.374 e. The van der Waals surface area contributed by atoms with Crippen LogP contribution in [0.25, 0.3) is 0 Å². The second kappa shape index (κ2) is 5.61. The molecule has 0 aliphatic heterocycles. The zero-order valence-electron chi connectivity index (χ0n) is 10.0. The van der Waals surface area contributed by atoms with E-state index in [1.54, 1.807) is 7.05 Å². The van der Waals surface area contributed by atoms with E-state index in [9.17, 15) is 14.5 Å². The molecule has 0 aliphatic rings. The maximum absolute atomic E-state index is 13.0. The van der Waals surface area contributed by atoms with Gasteiger partial charge >= 0.3 is 0 Å². The Kier molecular flexibility index (Phi) is 3.91. The molecule has 0 spiro atoms. The highest BCUT2D eigenvalue weighted by atomic mass is 32.1. The molecule has 0 radical (unpaired) electrons. The van der Waals surface area contributed by atoms with Crippen LogP contribution in [0.4, 0.5) is 20.9 Å². The van der Waals surface area contributed by atoms with E-state index in [0.29, 0.717) is 6.54 Å². The molecular weight excluding hydrogens is 271 g/mol. The Morgan fingerprint density at radius 3 is 2.95 bits per heavy atom. The van der Waals surface area contributed by atoms with Crippen LogP contribution in [0.3, 0.4) is 0 Å². The summed E-state index contributed by atoms with van der Waals surface area (Å²) >= 11 is 1.44. The molecule has 0 bridgehead atoms. The predicted octanol–water partition coefficient (Wildman–Crippen LogP) is 2.84. The Labute approximate surface area is 112 Å². The minimum absolute atomic E-state index is 0.269. The van der Waals surface area contributed by atoms with E-state index in [2.05, 4.69) is 15.6 Å². The van der Waals surface area contributed by atoms with Gasteiger partial charge in [-0.05, 0) is 12.1 Å². The third-order valence-corrected chi connectivity index (χ3v) is 3.29. The Morgan fingerprint density at radius 2 is 2.32 bits per heavy atom. The number of benzene rings is 1. The topological polar surface area (TPSA) is 80.1 Å². The Balaban J connectivity index is 2.12. The average Bonchev–Trinajstić information content (AvgIpc) is 2.85. The first kappa shape index (κ1) is 13.2. The highest BCUT2D eigenvalue weighted by Crippen LogP contribution is 2.25. The fourth-order valence-corrected chi connectivity index (χ4v) is 2.17. The Bertz CT molecular complexity index is 602. The van der Waals surface area contributed by atoms with E-state index in [1.165, 1.54) is 23.5 Å². The van der Waals surface area contributed by atoms with Crippen molar-refractivity contribution in [3.8, 4) is 0 Å². The van der Waals surface area contributed by atoms with Gasteiger partial charge in [-0.15, -0.1) is 11.3 Å². The number of nitrogens with zero attached hydrogens (tertiary/aromatic N) is 2. The first-order valence-electron chi connectivity index (χ1n) is 5.40. The van der Waals surface area contributed by atoms with E-state index in [1.807, 2.05) is 5.38 Å². The molecular formula is C11H11FN4O2S. The monoisotopic (exact) mass is 282 g/mol.